The van der Waals surface area contributed by atoms with Crippen molar-refractivity contribution in [2.45, 2.75) is 11.8 Å². The maximum absolute atomic E-state index is 5.01. The van der Waals surface area contributed by atoms with E-state index in [0.717, 1.165) is 18.9 Å². The van der Waals surface area contributed by atoms with Crippen LogP contribution in [0, 0.1) is 0 Å². The van der Waals surface area contributed by atoms with E-state index in [1.807, 2.05) is 24.8 Å². The Morgan fingerprint density at radius 2 is 2.08 bits per heavy atom. The molecule has 1 aromatic carbocycles. The molecule has 0 fully saturated rings. The predicted molar refractivity (Wildman–Crippen MR) is 56.8 cm³/mol. The van der Waals surface area contributed by atoms with Gasteiger partial charge in [0.25, 0.3) is 0 Å². The first-order chi connectivity index (χ1) is 6.43. The summed E-state index contributed by atoms with van der Waals surface area (Å²) >= 11 is 1.83. The van der Waals surface area contributed by atoms with E-state index in [1.165, 1.54) is 4.90 Å². The van der Waals surface area contributed by atoms with Crippen LogP contribution in [0.15, 0.2) is 35.2 Å². The van der Waals surface area contributed by atoms with Crippen molar-refractivity contribution >= 4 is 11.8 Å². The zero-order chi connectivity index (χ0) is 9.36. The third kappa shape index (κ3) is 4.93. The number of hydrogen-bond acceptors (Lipinski definition) is 3. The van der Waals surface area contributed by atoms with Crippen LogP contribution in [0.4, 0.5) is 0 Å². The van der Waals surface area contributed by atoms with Gasteiger partial charge in [0.2, 0.25) is 0 Å². The quantitative estimate of drug-likeness (QED) is 0.429. The molecule has 0 unspecified atom stereocenters. The van der Waals surface area contributed by atoms with Crippen LogP contribution in [0.3, 0.4) is 0 Å². The van der Waals surface area contributed by atoms with Gasteiger partial charge in [-0.1, -0.05) is 18.2 Å². The van der Waals surface area contributed by atoms with Gasteiger partial charge in [0.15, 0.2) is 0 Å². The largest absolute Gasteiger partial charge is 0.302 e. The Kier molecular flexibility index (Phi) is 5.65. The molecule has 0 amide bonds. The summed E-state index contributed by atoms with van der Waals surface area (Å²) in [5, 5.41) is 0. The maximum atomic E-state index is 5.01. The third-order valence-corrected chi connectivity index (χ3v) is 2.48. The smallest absolute Gasteiger partial charge is 0.0653 e. The summed E-state index contributed by atoms with van der Waals surface area (Å²) in [6.45, 7) is 3.57. The molecular formula is C10H15NOS. The Morgan fingerprint density at radius 1 is 1.31 bits per heavy atom. The Bertz CT molecular complexity index is 215. The zero-order valence-corrected chi connectivity index (χ0v) is 8.64. The molecule has 0 atom stereocenters. The van der Waals surface area contributed by atoms with Gasteiger partial charge in [-0.25, -0.2) is 5.48 Å². The first-order valence-electron chi connectivity index (χ1n) is 4.46. The third-order valence-electron chi connectivity index (χ3n) is 1.46. The molecule has 72 valence electrons. The molecule has 0 bridgehead atoms. The zero-order valence-electron chi connectivity index (χ0n) is 7.82. The van der Waals surface area contributed by atoms with E-state index in [9.17, 15) is 0 Å². The molecule has 13 heavy (non-hydrogen) atoms. The molecule has 0 radical (unpaired) electrons. The Balaban J connectivity index is 2.07. The normalized spacial score (nSPS) is 10.2. The molecule has 0 aromatic heterocycles. The fraction of sp³-hybridized carbons (Fsp3) is 0.400. The van der Waals surface area contributed by atoms with Crippen molar-refractivity contribution in [3.8, 4) is 0 Å². The summed E-state index contributed by atoms with van der Waals surface area (Å²) in [6.07, 6.45) is 0. The van der Waals surface area contributed by atoms with Gasteiger partial charge < -0.3 is 4.84 Å². The molecule has 1 rings (SSSR count). The maximum Gasteiger partial charge on any atom is 0.0653 e. The van der Waals surface area contributed by atoms with E-state index in [0.29, 0.717) is 0 Å². The van der Waals surface area contributed by atoms with Crippen molar-refractivity contribution < 1.29 is 4.84 Å². The Morgan fingerprint density at radius 3 is 2.77 bits per heavy atom. The van der Waals surface area contributed by atoms with Crippen molar-refractivity contribution in [3.63, 3.8) is 0 Å². The molecule has 0 aliphatic heterocycles. The van der Waals surface area contributed by atoms with E-state index in [2.05, 4.69) is 29.7 Å². The average Bonchev–Trinajstić information content (AvgIpc) is 2.19. The van der Waals surface area contributed by atoms with Crippen LogP contribution in [-0.2, 0) is 4.84 Å². The molecule has 2 nitrogen and oxygen atoms in total. The lowest BCUT2D eigenvalue weighted by Crippen LogP contribution is -2.17. The molecule has 0 spiro atoms. The summed E-state index contributed by atoms with van der Waals surface area (Å²) in [6, 6.07) is 10.4. The molecule has 0 aliphatic carbocycles. The number of benzene rings is 1. The number of thioether (sulfide) groups is 1. The number of hydrogen-bond donors (Lipinski definition) is 1. The van der Waals surface area contributed by atoms with E-state index < -0.39 is 0 Å². The highest BCUT2D eigenvalue weighted by atomic mass is 32.2. The van der Waals surface area contributed by atoms with E-state index in [1.54, 1.807) is 0 Å². The predicted octanol–water partition coefficient (Wildman–Crippen LogP) is 2.32. The second-order valence-electron chi connectivity index (χ2n) is 2.49. The topological polar surface area (TPSA) is 21.3 Å². The molecule has 0 saturated heterocycles. The minimum Gasteiger partial charge on any atom is -0.302 e. The first kappa shape index (κ1) is 10.6. The summed E-state index contributed by atoms with van der Waals surface area (Å²) in [5.41, 5.74) is 2.88. The van der Waals surface area contributed by atoms with Crippen LogP contribution in [0.5, 0.6) is 0 Å². The number of rotatable bonds is 6. The number of hydroxylamine groups is 1. The van der Waals surface area contributed by atoms with Gasteiger partial charge in [-0.15, -0.1) is 11.8 Å². The molecule has 0 heterocycles. The van der Waals surface area contributed by atoms with Crippen molar-refractivity contribution in [2.75, 3.05) is 18.9 Å². The lowest BCUT2D eigenvalue weighted by Gasteiger charge is -2.02. The minimum absolute atomic E-state index is 0.718. The molecule has 1 aromatic rings. The first-order valence-corrected chi connectivity index (χ1v) is 5.44. The van der Waals surface area contributed by atoms with E-state index in [-0.39, 0.29) is 0 Å². The highest BCUT2D eigenvalue weighted by molar-refractivity contribution is 7.99. The lowest BCUT2D eigenvalue weighted by atomic mass is 10.4. The van der Waals surface area contributed by atoms with Crippen molar-refractivity contribution in [2.24, 2.45) is 0 Å². The van der Waals surface area contributed by atoms with Crippen molar-refractivity contribution in [1.29, 1.82) is 0 Å². The second kappa shape index (κ2) is 6.95. The molecular weight excluding hydrogens is 182 g/mol. The fourth-order valence-corrected chi connectivity index (χ4v) is 1.67. The second-order valence-corrected chi connectivity index (χ2v) is 3.66. The standard InChI is InChI=1S/C10H15NOS/c1-2-12-11-8-9-13-10-6-4-3-5-7-10/h3-7,11H,2,8-9H2,1H3. The minimum atomic E-state index is 0.718. The van der Waals surface area contributed by atoms with Crippen molar-refractivity contribution in [3.05, 3.63) is 30.3 Å². The highest BCUT2D eigenvalue weighted by Crippen LogP contribution is 2.15. The van der Waals surface area contributed by atoms with Crippen LogP contribution >= 0.6 is 11.8 Å². The molecule has 3 heteroatoms. The SMILES string of the molecule is CCONCCSc1ccccc1. The van der Waals surface area contributed by atoms with Crippen LogP contribution in [0.2, 0.25) is 0 Å². The van der Waals surface area contributed by atoms with Gasteiger partial charge in [-0.2, -0.15) is 0 Å². The van der Waals surface area contributed by atoms with Crippen LogP contribution in [0.1, 0.15) is 6.92 Å². The van der Waals surface area contributed by atoms with Crippen LogP contribution in [-0.4, -0.2) is 18.9 Å². The number of nitrogens with one attached hydrogen (secondary N) is 1. The Labute approximate surface area is 83.6 Å². The molecule has 1 N–H and O–H groups in total. The summed E-state index contributed by atoms with van der Waals surface area (Å²) < 4.78 is 0. The van der Waals surface area contributed by atoms with Gasteiger partial charge in [-0.05, 0) is 19.1 Å². The Hall–Kier alpha value is -0.510. The molecule has 0 aliphatic rings. The summed E-state index contributed by atoms with van der Waals surface area (Å²) in [5.74, 6) is 1.03. The lowest BCUT2D eigenvalue weighted by molar-refractivity contribution is 0.0554. The van der Waals surface area contributed by atoms with E-state index in [4.69, 9.17) is 4.84 Å². The summed E-state index contributed by atoms with van der Waals surface area (Å²) in [4.78, 5) is 6.31. The van der Waals surface area contributed by atoms with Gasteiger partial charge in [-0.3, -0.25) is 0 Å². The average molecular weight is 197 g/mol. The van der Waals surface area contributed by atoms with Crippen LogP contribution < -0.4 is 5.48 Å². The highest BCUT2D eigenvalue weighted by Gasteiger charge is 1.91. The van der Waals surface area contributed by atoms with Gasteiger partial charge in [0.1, 0.15) is 0 Å². The van der Waals surface area contributed by atoms with Crippen LogP contribution in [0.25, 0.3) is 0 Å². The fourth-order valence-electron chi connectivity index (χ4n) is 0.901. The van der Waals surface area contributed by atoms with Gasteiger partial charge >= 0.3 is 0 Å². The van der Waals surface area contributed by atoms with Crippen molar-refractivity contribution in [1.82, 2.24) is 5.48 Å². The monoisotopic (exact) mass is 197 g/mol. The molecule has 0 saturated carbocycles. The van der Waals surface area contributed by atoms with E-state index >= 15 is 0 Å². The summed E-state index contributed by atoms with van der Waals surface area (Å²) in [7, 11) is 0. The van der Waals surface area contributed by atoms with Gasteiger partial charge in [0.05, 0.1) is 6.61 Å². The van der Waals surface area contributed by atoms with Gasteiger partial charge in [0, 0.05) is 17.2 Å².